The first-order valence-electron chi connectivity index (χ1n) is 7.08. The zero-order valence-electron chi connectivity index (χ0n) is 11.9. The zero-order valence-corrected chi connectivity index (χ0v) is 11.9. The number of nitrogens with one attached hydrogen (secondary N) is 2. The van der Waals surface area contributed by atoms with E-state index in [1.807, 2.05) is 7.05 Å². The Morgan fingerprint density at radius 1 is 1.40 bits per heavy atom. The molecule has 20 heavy (non-hydrogen) atoms. The van der Waals surface area contributed by atoms with Crippen LogP contribution >= 0.6 is 0 Å². The lowest BCUT2D eigenvalue weighted by Crippen LogP contribution is -2.45. The van der Waals surface area contributed by atoms with E-state index in [0.29, 0.717) is 18.2 Å². The summed E-state index contributed by atoms with van der Waals surface area (Å²) in [5, 5.41) is 6.08. The maximum atomic E-state index is 13.4. The maximum absolute atomic E-state index is 13.4. The van der Waals surface area contributed by atoms with Gasteiger partial charge >= 0.3 is 0 Å². The van der Waals surface area contributed by atoms with E-state index in [1.54, 1.807) is 18.2 Å². The summed E-state index contributed by atoms with van der Waals surface area (Å²) in [5.41, 5.74) is 0.519. The predicted octanol–water partition coefficient (Wildman–Crippen LogP) is 1.13. The zero-order chi connectivity index (χ0) is 14.4. The van der Waals surface area contributed by atoms with Gasteiger partial charge in [0.05, 0.1) is 6.54 Å². The van der Waals surface area contributed by atoms with Gasteiger partial charge in [-0.1, -0.05) is 18.2 Å². The number of rotatable bonds is 5. The van der Waals surface area contributed by atoms with Gasteiger partial charge in [0.2, 0.25) is 5.91 Å². The molecule has 0 aliphatic carbocycles. The average Bonchev–Trinajstić information content (AvgIpc) is 2.47. The highest BCUT2D eigenvalue weighted by molar-refractivity contribution is 5.78. The Kier molecular flexibility index (Phi) is 5.49. The molecular weight excluding hydrogens is 257 g/mol. The molecule has 1 saturated heterocycles. The van der Waals surface area contributed by atoms with Crippen molar-refractivity contribution in [2.45, 2.75) is 25.4 Å². The predicted molar refractivity (Wildman–Crippen MR) is 76.8 cm³/mol. The maximum Gasteiger partial charge on any atom is 0.234 e. The fourth-order valence-electron chi connectivity index (χ4n) is 2.49. The first-order valence-corrected chi connectivity index (χ1v) is 7.08. The third-order valence-electron chi connectivity index (χ3n) is 3.76. The van der Waals surface area contributed by atoms with Crippen LogP contribution in [0.25, 0.3) is 0 Å². The number of halogens is 1. The molecule has 0 aromatic heterocycles. The third kappa shape index (κ3) is 4.28. The van der Waals surface area contributed by atoms with Crippen LogP contribution in [-0.4, -0.2) is 43.5 Å². The van der Waals surface area contributed by atoms with Crippen LogP contribution in [0.4, 0.5) is 4.39 Å². The number of hydrogen-bond acceptors (Lipinski definition) is 3. The van der Waals surface area contributed by atoms with E-state index in [4.69, 9.17) is 0 Å². The second-order valence-electron chi connectivity index (χ2n) is 5.26. The van der Waals surface area contributed by atoms with Gasteiger partial charge in [0.25, 0.3) is 0 Å². The van der Waals surface area contributed by atoms with Crippen LogP contribution in [0.2, 0.25) is 0 Å². The molecule has 0 bridgehead atoms. The van der Waals surface area contributed by atoms with Gasteiger partial charge in [0, 0.05) is 18.2 Å². The van der Waals surface area contributed by atoms with E-state index in [9.17, 15) is 9.18 Å². The fourth-order valence-corrected chi connectivity index (χ4v) is 2.49. The van der Waals surface area contributed by atoms with E-state index in [2.05, 4.69) is 15.5 Å². The third-order valence-corrected chi connectivity index (χ3v) is 3.76. The van der Waals surface area contributed by atoms with Gasteiger partial charge in [-0.25, -0.2) is 4.39 Å². The Bertz CT molecular complexity index is 446. The van der Waals surface area contributed by atoms with Gasteiger partial charge < -0.3 is 10.6 Å². The SMILES string of the molecule is CN(CC(=O)NCc1ccccc1F)C1CCNCC1. The van der Waals surface area contributed by atoms with Crippen LogP contribution in [-0.2, 0) is 11.3 Å². The number of piperidine rings is 1. The van der Waals surface area contributed by atoms with Crippen molar-refractivity contribution < 1.29 is 9.18 Å². The number of amides is 1. The molecule has 1 aliphatic heterocycles. The van der Waals surface area contributed by atoms with Gasteiger partial charge in [-0.05, 0) is 39.0 Å². The number of carbonyl (C=O) groups is 1. The molecule has 2 N–H and O–H groups in total. The van der Waals surface area contributed by atoms with Crippen molar-refractivity contribution in [3.8, 4) is 0 Å². The fraction of sp³-hybridized carbons (Fsp3) is 0.533. The molecule has 0 radical (unpaired) electrons. The molecule has 1 aromatic rings. The molecular formula is C15H22FN3O. The minimum atomic E-state index is -0.278. The molecule has 4 nitrogen and oxygen atoms in total. The average molecular weight is 279 g/mol. The van der Waals surface area contributed by atoms with Crippen molar-refractivity contribution in [2.24, 2.45) is 0 Å². The second-order valence-corrected chi connectivity index (χ2v) is 5.26. The summed E-state index contributed by atoms with van der Waals surface area (Å²) >= 11 is 0. The summed E-state index contributed by atoms with van der Waals surface area (Å²) in [4.78, 5) is 14.0. The number of nitrogens with zero attached hydrogens (tertiary/aromatic N) is 1. The van der Waals surface area contributed by atoms with Crippen LogP contribution in [0, 0.1) is 5.82 Å². The molecule has 1 aliphatic rings. The minimum absolute atomic E-state index is 0.0608. The normalized spacial score (nSPS) is 16.4. The summed E-state index contributed by atoms with van der Waals surface area (Å²) in [7, 11) is 1.97. The van der Waals surface area contributed by atoms with Crippen molar-refractivity contribution in [3.05, 3.63) is 35.6 Å². The standard InChI is InChI=1S/C15H22FN3O/c1-19(13-6-8-17-9-7-13)11-15(20)18-10-12-4-2-3-5-14(12)16/h2-5,13,17H,6-11H2,1H3,(H,18,20). The largest absolute Gasteiger partial charge is 0.351 e. The van der Waals surface area contributed by atoms with Crippen LogP contribution in [0.3, 0.4) is 0 Å². The highest BCUT2D eigenvalue weighted by atomic mass is 19.1. The molecule has 1 fully saturated rings. The number of likely N-dealkylation sites (N-methyl/N-ethyl adjacent to an activating group) is 1. The number of benzene rings is 1. The van der Waals surface area contributed by atoms with E-state index in [0.717, 1.165) is 25.9 Å². The molecule has 110 valence electrons. The first kappa shape index (κ1) is 14.9. The molecule has 0 unspecified atom stereocenters. The topological polar surface area (TPSA) is 44.4 Å². The van der Waals surface area contributed by atoms with Gasteiger partial charge in [-0.3, -0.25) is 9.69 Å². The molecule has 0 spiro atoms. The lowest BCUT2D eigenvalue weighted by Gasteiger charge is -2.31. The molecule has 2 rings (SSSR count). The van der Waals surface area contributed by atoms with Crippen LogP contribution < -0.4 is 10.6 Å². The highest BCUT2D eigenvalue weighted by Crippen LogP contribution is 2.09. The van der Waals surface area contributed by atoms with Crippen molar-refractivity contribution >= 4 is 5.91 Å². The van der Waals surface area contributed by atoms with Crippen molar-refractivity contribution in [3.63, 3.8) is 0 Å². The smallest absolute Gasteiger partial charge is 0.234 e. The van der Waals surface area contributed by atoms with Gasteiger partial charge in [-0.2, -0.15) is 0 Å². The summed E-state index contributed by atoms with van der Waals surface area (Å²) in [6.45, 7) is 2.61. The molecule has 0 atom stereocenters. The first-order chi connectivity index (χ1) is 9.66. The summed E-state index contributed by atoms with van der Waals surface area (Å²) in [6.07, 6.45) is 2.13. The second kappa shape index (κ2) is 7.36. The monoisotopic (exact) mass is 279 g/mol. The van der Waals surface area contributed by atoms with Gasteiger partial charge in [0.1, 0.15) is 5.82 Å². The summed E-state index contributed by atoms with van der Waals surface area (Å²) in [6, 6.07) is 6.96. The van der Waals surface area contributed by atoms with E-state index < -0.39 is 0 Å². The Labute approximate surface area is 119 Å². The van der Waals surface area contributed by atoms with Crippen LogP contribution in [0.5, 0.6) is 0 Å². The van der Waals surface area contributed by atoms with E-state index in [1.165, 1.54) is 6.07 Å². The molecule has 1 aromatic carbocycles. The minimum Gasteiger partial charge on any atom is -0.351 e. The van der Waals surface area contributed by atoms with Crippen LogP contribution in [0.1, 0.15) is 18.4 Å². The van der Waals surface area contributed by atoms with Crippen molar-refractivity contribution in [1.29, 1.82) is 0 Å². The van der Waals surface area contributed by atoms with Crippen molar-refractivity contribution in [1.82, 2.24) is 15.5 Å². The Hall–Kier alpha value is -1.46. The van der Waals surface area contributed by atoms with Gasteiger partial charge in [0.15, 0.2) is 0 Å². The molecule has 1 amide bonds. The van der Waals surface area contributed by atoms with E-state index >= 15 is 0 Å². The quantitative estimate of drug-likeness (QED) is 0.849. The molecule has 1 heterocycles. The molecule has 5 heteroatoms. The lowest BCUT2D eigenvalue weighted by atomic mass is 10.1. The van der Waals surface area contributed by atoms with Crippen molar-refractivity contribution in [2.75, 3.05) is 26.7 Å². The summed E-state index contributed by atoms with van der Waals surface area (Å²) in [5.74, 6) is -0.339. The highest BCUT2D eigenvalue weighted by Gasteiger charge is 2.19. The summed E-state index contributed by atoms with van der Waals surface area (Å²) < 4.78 is 13.4. The number of hydrogen-bond donors (Lipinski definition) is 2. The number of carbonyl (C=O) groups excluding carboxylic acids is 1. The molecule has 0 saturated carbocycles. The Balaban J connectivity index is 1.76. The van der Waals surface area contributed by atoms with Gasteiger partial charge in [-0.15, -0.1) is 0 Å². The Morgan fingerprint density at radius 3 is 2.80 bits per heavy atom. The lowest BCUT2D eigenvalue weighted by molar-refractivity contribution is -0.122. The van der Waals surface area contributed by atoms with Crippen LogP contribution in [0.15, 0.2) is 24.3 Å². The Morgan fingerprint density at radius 2 is 2.10 bits per heavy atom. The van der Waals surface area contributed by atoms with E-state index in [-0.39, 0.29) is 18.3 Å².